The highest BCUT2D eigenvalue weighted by molar-refractivity contribution is 7.93. The number of nitrogens with two attached hydrogens (primary N) is 1. The Bertz CT molecular complexity index is 6690. The number of carbonyl (C=O) groups excluding carboxylic acids is 1. The van der Waals surface area contributed by atoms with Gasteiger partial charge in [-0.05, 0) is 157 Å². The number of alkyl halides is 12. The van der Waals surface area contributed by atoms with Gasteiger partial charge >= 0.3 is 31.1 Å². The molecule has 144 heavy (non-hydrogen) atoms. The lowest BCUT2D eigenvalue weighted by Gasteiger charge is -2.29. The number of sulfonamides is 3. The van der Waals surface area contributed by atoms with E-state index in [-0.39, 0.29) is 144 Å². The molecule has 0 spiro atoms. The Morgan fingerprint density at radius 3 is 1.10 bits per heavy atom. The lowest BCUT2D eigenvalue weighted by Crippen LogP contribution is -2.44. The normalized spacial score (nSPS) is 15.1. The molecule has 0 atom stereocenters. The summed E-state index contributed by atoms with van der Waals surface area (Å²) in [6, 6.07) is 46.0. The molecule has 4 aliphatic carbocycles. The Balaban J connectivity index is 0.000000161. The van der Waals surface area contributed by atoms with Gasteiger partial charge in [0.05, 0.1) is 18.4 Å². The van der Waals surface area contributed by atoms with Crippen LogP contribution in [0.1, 0.15) is 146 Å². The number of nitrogens with zero attached hydrogens (tertiary/aromatic N) is 14. The van der Waals surface area contributed by atoms with Crippen LogP contribution in [0.15, 0.2) is 214 Å². The van der Waals surface area contributed by atoms with Gasteiger partial charge in [0, 0.05) is 145 Å². The van der Waals surface area contributed by atoms with E-state index < -0.39 is 88.2 Å². The number of amides is 1. The third-order valence-electron chi connectivity index (χ3n) is 23.3. The van der Waals surface area contributed by atoms with E-state index in [4.69, 9.17) is 5.73 Å². The number of hydrogen-bond donors (Lipinski definition) is 8. The molecule has 48 heteroatoms. The number of rotatable bonds is 39. The summed E-state index contributed by atoms with van der Waals surface area (Å²) < 4.78 is 293. The van der Waals surface area contributed by atoms with Crippen molar-refractivity contribution in [3.05, 3.63) is 298 Å². The van der Waals surface area contributed by atoms with Crippen LogP contribution >= 0.6 is 0 Å². The molecule has 29 nitrogen and oxygen atoms in total. The van der Waals surface area contributed by atoms with Crippen molar-refractivity contribution in [3.63, 3.8) is 0 Å². The zero-order valence-corrected chi connectivity index (χ0v) is 80.4. The maximum absolute atomic E-state index is 15.4. The van der Waals surface area contributed by atoms with Crippen LogP contribution < -0.4 is 60.8 Å². The molecule has 0 aliphatic heterocycles. The molecule has 9 N–H and O–H groups in total. The predicted octanol–water partition coefficient (Wildman–Crippen LogP) is 19.0. The van der Waals surface area contributed by atoms with E-state index in [9.17, 15) is 82.7 Å². The molecule has 7 aromatic carbocycles. The number of carbonyl (C=O) groups is 1. The summed E-state index contributed by atoms with van der Waals surface area (Å²) in [7, 11) is -12.5. The third-order valence-corrected chi connectivity index (χ3v) is 26.3. The fourth-order valence-corrected chi connectivity index (χ4v) is 17.2. The number of nitrogens with one attached hydrogen (secondary N) is 7. The summed E-state index contributed by atoms with van der Waals surface area (Å²) >= 11 is 0. The second-order valence-corrected chi connectivity index (χ2v) is 40.4. The van der Waals surface area contributed by atoms with Gasteiger partial charge in [0.15, 0.2) is 46.5 Å². The number of hydrogen-bond acceptors (Lipinski definition) is 24. The first-order valence-electron chi connectivity index (χ1n) is 45.2. The fraction of sp³-hybridized carbons (Fsp3) is 0.354. The first kappa shape index (κ1) is 108. The number of anilines is 10. The van der Waals surface area contributed by atoms with E-state index in [1.165, 1.54) is 78.6 Å². The van der Waals surface area contributed by atoms with Gasteiger partial charge in [-0.1, -0.05) is 133 Å². The summed E-state index contributed by atoms with van der Waals surface area (Å²) in [5.74, 6) is -11.2. The van der Waals surface area contributed by atoms with Crippen molar-refractivity contribution < 1.29 is 100 Å². The molecule has 4 fully saturated rings. The first-order chi connectivity index (χ1) is 68.0. The molecule has 1 amide bonds. The van der Waals surface area contributed by atoms with Crippen LogP contribution in [-0.4, -0.2) is 136 Å². The van der Waals surface area contributed by atoms with Gasteiger partial charge in [0.25, 0.3) is 17.8 Å². The lowest BCUT2D eigenvalue weighted by atomic mass is 9.86. The van der Waals surface area contributed by atoms with Crippen molar-refractivity contribution in [3.8, 4) is 5.69 Å². The van der Waals surface area contributed by atoms with Crippen LogP contribution in [0.2, 0.25) is 0 Å². The summed E-state index contributed by atoms with van der Waals surface area (Å²) in [6.45, 7) is 4.81. The van der Waals surface area contributed by atoms with Crippen molar-refractivity contribution in [1.82, 2.24) is 54.4 Å². The maximum atomic E-state index is 15.4. The largest absolute Gasteiger partial charge is 0.516 e. The van der Waals surface area contributed by atoms with Crippen LogP contribution in [0.5, 0.6) is 0 Å². The Morgan fingerprint density at radius 1 is 0.403 bits per heavy atom. The molecular weight excluding hydrogens is 1970 g/mol. The van der Waals surface area contributed by atoms with E-state index in [0.29, 0.717) is 55.8 Å². The second-order valence-electron chi connectivity index (χ2n) is 35.3. The highest BCUT2D eigenvalue weighted by atomic mass is 32.2. The van der Waals surface area contributed by atoms with Crippen LogP contribution in [0.3, 0.4) is 0 Å². The SMILES string of the molecule is CC(F)(F)c1ccc(CN(c2ncnc(NCC3CCC(NS(=O)(=O)C(F)(F)F)CC3)c2F)C2CC2)cc1.CC(F)(F)c1ccc(CN(c2ncnc(NCc3ccc(NS(=O)(=O)C(F)(F)F)cc3)c2F)C2CC2)cc1.CC(F)(F)c1ccc(CN(c2ncnc(NCc3ccc(NS(C)(=O)=O)cc3)c2F)C2CC2)cc1.CN(Cc1cccc(-n2cccn2)c1)c1ncnc(NCc2ccc(CC(N)=O)cc2)c1F. The quantitative estimate of drug-likeness (QED) is 0.0166. The minimum atomic E-state index is -5.54. The van der Waals surface area contributed by atoms with Crippen LogP contribution in [0, 0.1) is 29.2 Å². The van der Waals surface area contributed by atoms with Gasteiger partial charge < -0.3 is 46.6 Å². The number of primary amides is 1. The van der Waals surface area contributed by atoms with E-state index >= 15 is 17.6 Å². The van der Waals surface area contributed by atoms with E-state index in [1.807, 2.05) is 65.7 Å². The highest BCUT2D eigenvalue weighted by Gasteiger charge is 2.48. The Morgan fingerprint density at radius 2 is 0.750 bits per heavy atom. The van der Waals surface area contributed by atoms with Gasteiger partial charge in [-0.2, -0.15) is 57.4 Å². The molecule has 4 saturated carbocycles. The maximum Gasteiger partial charge on any atom is 0.516 e. The molecule has 16 rings (SSSR count). The van der Waals surface area contributed by atoms with Crippen LogP contribution in [0.25, 0.3) is 5.69 Å². The van der Waals surface area contributed by atoms with Gasteiger partial charge in [-0.15, -0.1) is 0 Å². The van der Waals surface area contributed by atoms with Crippen LogP contribution in [-0.2, 0) is 105 Å². The molecular formula is C96H102F16N22O7S3. The van der Waals surface area contributed by atoms with Crippen molar-refractivity contribution in [2.75, 3.05) is 70.2 Å². The zero-order valence-electron chi connectivity index (χ0n) is 78.0. The average molecular weight is 2080 g/mol. The second kappa shape index (κ2) is 45.9. The molecule has 12 aromatic rings. The third kappa shape index (κ3) is 30.4. The highest BCUT2D eigenvalue weighted by Crippen LogP contribution is 2.41. The molecule has 5 aromatic heterocycles. The molecule has 4 aliphatic rings. The van der Waals surface area contributed by atoms with Gasteiger partial charge in [-0.3, -0.25) is 14.2 Å². The Kier molecular flexibility index (Phi) is 34.2. The topological polar surface area (TPSA) is 364 Å². The number of aromatic nitrogens is 10. The van der Waals surface area contributed by atoms with Crippen molar-refractivity contribution >= 4 is 93.9 Å². The predicted molar refractivity (Wildman–Crippen MR) is 513 cm³/mol. The van der Waals surface area contributed by atoms with Crippen molar-refractivity contribution in [1.29, 1.82) is 0 Å². The van der Waals surface area contributed by atoms with E-state index in [2.05, 4.69) is 71.0 Å². The smallest absolute Gasteiger partial charge is 0.369 e. The molecule has 768 valence electrons. The fourth-order valence-electron chi connectivity index (χ4n) is 15.3. The van der Waals surface area contributed by atoms with Crippen molar-refractivity contribution in [2.24, 2.45) is 11.7 Å². The number of halogens is 16. The Hall–Kier alpha value is -13.8. The molecule has 0 bridgehead atoms. The Labute approximate surface area is 820 Å². The molecule has 0 radical (unpaired) electrons. The summed E-state index contributed by atoms with van der Waals surface area (Å²) in [4.78, 5) is 50.7. The monoisotopic (exact) mass is 2070 g/mol. The van der Waals surface area contributed by atoms with Gasteiger partial charge in [0.1, 0.15) is 25.3 Å². The summed E-state index contributed by atoms with van der Waals surface area (Å²) in [6.07, 6.45) is 16.4. The van der Waals surface area contributed by atoms with E-state index in [1.54, 1.807) is 98.0 Å². The van der Waals surface area contributed by atoms with Gasteiger partial charge in [0.2, 0.25) is 39.2 Å². The summed E-state index contributed by atoms with van der Waals surface area (Å²) in [5.41, 5.74) is 1.49. The minimum Gasteiger partial charge on any atom is -0.369 e. The average Bonchev–Trinajstić information content (AvgIpc) is 1.64. The molecule has 0 saturated heterocycles. The lowest BCUT2D eigenvalue weighted by molar-refractivity contribution is -0.117. The molecule has 5 heterocycles. The zero-order chi connectivity index (χ0) is 104. The van der Waals surface area contributed by atoms with E-state index in [0.717, 1.165) is 117 Å². The number of benzene rings is 7. The molecule has 0 unspecified atom stereocenters. The minimum absolute atomic E-state index is 0.00537. The van der Waals surface area contributed by atoms with Gasteiger partial charge in [-0.25, -0.2) is 92.5 Å². The first-order valence-corrected chi connectivity index (χ1v) is 50.0. The van der Waals surface area contributed by atoms with Crippen LogP contribution in [0.4, 0.5) is 128 Å². The standard InChI is InChI=1S/C24H29F6N5O2S.C24H23F6N5O2S.C24H26F3N5O2S.C24H24FN7O/c2*1-23(26,27)17-6-2-16(3-7-17)13-35(19-10-11-19)22-20(25)21(32-14-33-22)31-12-15-4-8-18(9-5-15)34-38(36,37)24(28,29)30;1-24(26,27)18-7-3-17(4-8-18)14-32(20-11-12-20)23-21(25)22(29-15-30-23)28-13-16-5-9-19(10-6-16)31-35(2,33)34;1-31(15-19-4-2-5-20(12-19)32-11-3-10-30-32)24-22(25)23(28-16-29-24)27-14-18-8-6-17(7-9-18)13-21(26)33/h2-3,6-7,14-15,18-19,34H,4-5,8-13H2,1H3,(H,31,32,33);2-9,14,19,34H,10-13H2,1H3,(H,31,32,33);3-10,15,20,31H,11-14H2,1-2H3,(H,28,29,30);2-12,16H,13-15H2,1H3,(H2,26,33)(H,27,28,29). The summed E-state index contributed by atoms with van der Waals surface area (Å²) in [5, 5.41) is 16.0. The van der Waals surface area contributed by atoms with Crippen molar-refractivity contribution in [2.45, 2.75) is 190 Å².